The Bertz CT molecular complexity index is 898. The van der Waals surface area contributed by atoms with Gasteiger partial charge in [-0.1, -0.05) is 42.5 Å². The maximum absolute atomic E-state index is 10.1. The molecular weight excluding hydrogens is 352 g/mol. The van der Waals surface area contributed by atoms with Gasteiger partial charge in [0.25, 0.3) is 0 Å². The van der Waals surface area contributed by atoms with Gasteiger partial charge >= 0.3 is 11.9 Å². The Morgan fingerprint density at radius 3 is 1.93 bits per heavy atom. The molecule has 2 aromatic rings. The lowest BCUT2D eigenvalue weighted by atomic mass is 9.78. The van der Waals surface area contributed by atoms with E-state index in [4.69, 9.17) is 25.5 Å². The van der Waals surface area contributed by atoms with E-state index in [0.29, 0.717) is 0 Å². The number of rotatable bonds is 0. The van der Waals surface area contributed by atoms with Crippen molar-refractivity contribution < 1.29 is 29.0 Å². The van der Waals surface area contributed by atoms with E-state index in [2.05, 4.69) is 54.1 Å². The first-order valence-corrected chi connectivity index (χ1v) is 7.60. The van der Waals surface area contributed by atoms with Crippen LogP contribution in [0.15, 0.2) is 42.5 Å². The number of isocyanates is 2. The lowest BCUT2D eigenvalue weighted by Gasteiger charge is -2.25. The van der Waals surface area contributed by atoms with Crippen molar-refractivity contribution in [2.75, 3.05) is 0 Å². The van der Waals surface area contributed by atoms with Gasteiger partial charge < -0.3 is 9.84 Å². The van der Waals surface area contributed by atoms with Gasteiger partial charge in [-0.15, -0.1) is 0 Å². The highest BCUT2D eigenvalue weighted by atomic mass is 16.6. The largest absolute Gasteiger partial charge is 0.391 e. The van der Waals surface area contributed by atoms with Crippen LogP contribution in [0.1, 0.15) is 12.0 Å². The Morgan fingerprint density at radius 2 is 1.48 bits per heavy atom. The Hall–Kier alpha value is -3.70. The van der Waals surface area contributed by atoms with Crippen LogP contribution < -0.4 is 0 Å². The van der Waals surface area contributed by atoms with Gasteiger partial charge in [0, 0.05) is 0 Å². The van der Waals surface area contributed by atoms with E-state index >= 15 is 0 Å². The SMILES string of the molecule is Cc1cccc2c1-c1ccccc1-2.N=C=O.N=C=O.O=C1CC(O)C(=O)O1. The van der Waals surface area contributed by atoms with Crippen LogP contribution >= 0.6 is 0 Å². The highest BCUT2D eigenvalue weighted by Crippen LogP contribution is 2.48. The normalized spacial score (nSPS) is 14.5. The second-order valence-electron chi connectivity index (χ2n) is 5.26. The summed E-state index contributed by atoms with van der Waals surface area (Å²) in [7, 11) is 0. The predicted molar refractivity (Wildman–Crippen MR) is 94.2 cm³/mol. The fourth-order valence-corrected chi connectivity index (χ4v) is 2.59. The van der Waals surface area contributed by atoms with Crippen LogP contribution in [0.2, 0.25) is 0 Å². The van der Waals surface area contributed by atoms with Gasteiger partial charge in [0.2, 0.25) is 12.2 Å². The molecule has 8 heteroatoms. The second kappa shape index (κ2) is 10.3. The third-order valence-electron chi connectivity index (χ3n) is 3.61. The van der Waals surface area contributed by atoms with E-state index in [1.807, 2.05) is 0 Å². The minimum Gasteiger partial charge on any atom is -0.391 e. The molecule has 138 valence electrons. The third kappa shape index (κ3) is 5.39. The van der Waals surface area contributed by atoms with Crippen molar-refractivity contribution in [1.29, 1.82) is 10.8 Å². The lowest BCUT2D eigenvalue weighted by Crippen LogP contribution is -2.11. The molecule has 1 aliphatic heterocycles. The molecule has 1 aliphatic carbocycles. The van der Waals surface area contributed by atoms with Gasteiger partial charge in [-0.25, -0.2) is 25.2 Å². The number of hydrogen-bond donors (Lipinski definition) is 3. The number of esters is 2. The third-order valence-corrected chi connectivity index (χ3v) is 3.61. The van der Waals surface area contributed by atoms with E-state index in [1.54, 1.807) is 0 Å². The number of cyclic esters (lactones) is 2. The molecule has 4 rings (SSSR count). The smallest absolute Gasteiger partial charge is 0.343 e. The monoisotopic (exact) mass is 368 g/mol. The van der Waals surface area contributed by atoms with Crippen molar-refractivity contribution in [2.24, 2.45) is 0 Å². The maximum Gasteiger partial charge on any atom is 0.343 e. The first-order chi connectivity index (χ1) is 12.9. The molecule has 0 bridgehead atoms. The second-order valence-corrected chi connectivity index (χ2v) is 5.26. The van der Waals surface area contributed by atoms with Gasteiger partial charge in [0.15, 0.2) is 6.10 Å². The molecule has 0 saturated carbocycles. The maximum atomic E-state index is 10.1. The summed E-state index contributed by atoms with van der Waals surface area (Å²) in [6.07, 6.45) is 0.0845. The van der Waals surface area contributed by atoms with E-state index in [0.717, 1.165) is 12.2 Å². The van der Waals surface area contributed by atoms with Gasteiger partial charge in [-0.3, -0.25) is 4.79 Å². The first-order valence-electron chi connectivity index (χ1n) is 7.60. The zero-order chi connectivity index (χ0) is 20.4. The minimum atomic E-state index is -1.22. The van der Waals surface area contributed by atoms with Gasteiger partial charge in [0.05, 0.1) is 6.42 Å². The summed E-state index contributed by atoms with van der Waals surface area (Å²) in [6, 6.07) is 15.1. The quantitative estimate of drug-likeness (QED) is 0.240. The molecule has 0 spiro atoms. The Labute approximate surface area is 154 Å². The number of nitrogens with one attached hydrogen (secondary N) is 2. The van der Waals surface area contributed by atoms with Crippen molar-refractivity contribution >= 4 is 24.1 Å². The van der Waals surface area contributed by atoms with Crippen LogP contribution in [0.5, 0.6) is 0 Å². The van der Waals surface area contributed by atoms with E-state index < -0.39 is 18.0 Å². The number of ether oxygens (including phenoxy) is 1. The number of aryl methyl sites for hydroxylation is 1. The zero-order valence-corrected chi connectivity index (χ0v) is 14.3. The molecule has 1 fully saturated rings. The molecular formula is C19H16N2O6. The number of benzene rings is 2. The number of aliphatic hydroxyl groups excluding tert-OH is 1. The van der Waals surface area contributed by atoms with Crippen LogP contribution in [0.25, 0.3) is 22.3 Å². The van der Waals surface area contributed by atoms with Crippen LogP contribution in [0, 0.1) is 17.7 Å². The fraction of sp³-hybridized carbons (Fsp3) is 0.158. The molecule has 0 radical (unpaired) electrons. The highest BCUT2D eigenvalue weighted by molar-refractivity contribution is 6.03. The van der Waals surface area contributed by atoms with Crippen molar-refractivity contribution in [3.05, 3.63) is 48.0 Å². The average molecular weight is 368 g/mol. The Morgan fingerprint density at radius 1 is 0.963 bits per heavy atom. The van der Waals surface area contributed by atoms with Crippen molar-refractivity contribution in [2.45, 2.75) is 19.4 Å². The topological polar surface area (TPSA) is 145 Å². The fourth-order valence-electron chi connectivity index (χ4n) is 2.59. The average Bonchev–Trinajstić information content (AvgIpc) is 2.90. The van der Waals surface area contributed by atoms with E-state index in [-0.39, 0.29) is 6.42 Å². The van der Waals surface area contributed by atoms with Gasteiger partial charge in [0.1, 0.15) is 0 Å². The number of carbonyl (C=O) groups is 2. The van der Waals surface area contributed by atoms with Crippen LogP contribution in [-0.2, 0) is 23.9 Å². The molecule has 8 nitrogen and oxygen atoms in total. The zero-order valence-electron chi connectivity index (χ0n) is 14.3. The summed E-state index contributed by atoms with van der Waals surface area (Å²) in [5.74, 6) is -1.49. The summed E-state index contributed by atoms with van der Waals surface area (Å²) in [5.41, 5.74) is 7.06. The summed E-state index contributed by atoms with van der Waals surface area (Å²) in [5, 5.41) is 19.3. The summed E-state index contributed by atoms with van der Waals surface area (Å²) in [6.45, 7) is 2.18. The standard InChI is InChI=1S/C13H10.C4H4O4.2CHNO/c1-9-5-4-8-12-10-6-2-3-7-11(10)13(9)12;5-2-1-3(6)8-4(2)7;2*2-1-3/h2-8H,1H3;2,5H,1H2;2*2H. The number of aliphatic hydroxyl groups is 1. The molecule has 0 amide bonds. The van der Waals surface area contributed by atoms with Crippen molar-refractivity contribution in [3.63, 3.8) is 0 Å². The summed E-state index contributed by atoms with van der Waals surface area (Å²) >= 11 is 0. The van der Waals surface area contributed by atoms with Crippen LogP contribution in [0.3, 0.4) is 0 Å². The molecule has 27 heavy (non-hydrogen) atoms. The van der Waals surface area contributed by atoms with E-state index in [1.165, 1.54) is 27.8 Å². The molecule has 2 aromatic carbocycles. The first kappa shape index (κ1) is 21.3. The Balaban J connectivity index is 0.000000224. The summed E-state index contributed by atoms with van der Waals surface area (Å²) < 4.78 is 3.95. The molecule has 0 aromatic heterocycles. The molecule has 1 unspecified atom stereocenters. The molecule has 3 N–H and O–H groups in total. The molecule has 1 heterocycles. The molecule has 2 aliphatic rings. The lowest BCUT2D eigenvalue weighted by molar-refractivity contribution is -0.154. The van der Waals surface area contributed by atoms with Crippen LogP contribution in [-0.4, -0.2) is 35.3 Å². The minimum absolute atomic E-state index is 0.196. The number of carbonyl (C=O) groups excluding carboxylic acids is 4. The van der Waals surface area contributed by atoms with Crippen molar-refractivity contribution in [1.82, 2.24) is 0 Å². The summed E-state index contributed by atoms with van der Waals surface area (Å²) in [4.78, 5) is 36.8. The van der Waals surface area contributed by atoms with Gasteiger partial charge in [-0.2, -0.15) is 0 Å². The van der Waals surface area contributed by atoms with E-state index in [9.17, 15) is 9.59 Å². The van der Waals surface area contributed by atoms with Gasteiger partial charge in [-0.05, 0) is 34.7 Å². The number of hydrogen-bond acceptors (Lipinski definition) is 8. The van der Waals surface area contributed by atoms with Crippen molar-refractivity contribution in [3.8, 4) is 22.3 Å². The number of fused-ring (bicyclic) bond motifs is 4. The Kier molecular flexibility index (Phi) is 8.16. The molecule has 1 saturated heterocycles. The van der Waals surface area contributed by atoms with Crippen LogP contribution in [0.4, 0.5) is 0 Å². The highest BCUT2D eigenvalue weighted by Gasteiger charge is 2.30. The molecule has 1 atom stereocenters. The predicted octanol–water partition coefficient (Wildman–Crippen LogP) is 2.27.